The molecular formula is C21H26N2O4S. The normalized spacial score (nSPS) is 17.2. The molecule has 6 nitrogen and oxygen atoms in total. The van der Waals surface area contributed by atoms with Crippen molar-refractivity contribution in [3.05, 3.63) is 46.2 Å². The molecule has 3 rings (SSSR count). The molecule has 1 aliphatic heterocycles. The van der Waals surface area contributed by atoms with Crippen LogP contribution in [-0.4, -0.2) is 35.7 Å². The summed E-state index contributed by atoms with van der Waals surface area (Å²) in [5.41, 5.74) is 0.901. The number of carbonyl (C=O) groups excluding carboxylic acids is 2. The van der Waals surface area contributed by atoms with Gasteiger partial charge in [-0.15, -0.1) is 11.3 Å². The van der Waals surface area contributed by atoms with Crippen molar-refractivity contribution in [1.82, 2.24) is 4.90 Å². The molecule has 1 aromatic heterocycles. The van der Waals surface area contributed by atoms with Crippen LogP contribution in [0.25, 0.3) is 0 Å². The molecule has 0 bridgehead atoms. The summed E-state index contributed by atoms with van der Waals surface area (Å²) in [6.45, 7) is 7.44. The molecule has 2 atom stereocenters. The number of thiophene rings is 1. The largest absolute Gasteiger partial charge is 0.478 e. The van der Waals surface area contributed by atoms with Gasteiger partial charge >= 0.3 is 6.09 Å². The zero-order valence-corrected chi connectivity index (χ0v) is 17.6. The number of hydrogen-bond acceptors (Lipinski definition) is 5. The summed E-state index contributed by atoms with van der Waals surface area (Å²) in [5, 5.41) is 4.89. The molecular weight excluding hydrogens is 376 g/mol. The van der Waals surface area contributed by atoms with E-state index in [-0.39, 0.29) is 11.9 Å². The first-order valence-electron chi connectivity index (χ1n) is 9.30. The molecule has 1 aromatic carbocycles. The standard InChI is InChI=1S/C21H26N2O4S/c1-6-15-19(24)22-14-12-13(9-10-16(14)26-15)18(17-8-7-11-28-17)23(5)20(25)27-21(2,3)4/h7-12,15,18H,6H2,1-5H3,(H,22,24). The van der Waals surface area contributed by atoms with Crippen molar-refractivity contribution in [2.45, 2.75) is 51.9 Å². The Morgan fingerprint density at radius 2 is 2.11 bits per heavy atom. The second-order valence-corrected chi connectivity index (χ2v) is 8.75. The zero-order valence-electron chi connectivity index (χ0n) is 16.8. The molecule has 0 spiro atoms. The van der Waals surface area contributed by atoms with E-state index in [2.05, 4.69) is 5.32 Å². The maximum atomic E-state index is 12.7. The third-order valence-electron chi connectivity index (χ3n) is 4.39. The number of nitrogens with zero attached hydrogens (tertiary/aromatic N) is 1. The first-order chi connectivity index (χ1) is 13.2. The number of nitrogens with one attached hydrogen (secondary N) is 1. The molecule has 2 amide bonds. The zero-order chi connectivity index (χ0) is 20.5. The van der Waals surface area contributed by atoms with Crippen molar-refractivity contribution in [2.75, 3.05) is 12.4 Å². The number of fused-ring (bicyclic) bond motifs is 1. The van der Waals surface area contributed by atoms with Crippen LogP contribution in [0.2, 0.25) is 0 Å². The summed E-state index contributed by atoms with van der Waals surface area (Å²) in [4.78, 5) is 27.5. The summed E-state index contributed by atoms with van der Waals surface area (Å²) in [6.07, 6.45) is -0.280. The lowest BCUT2D eigenvalue weighted by atomic mass is 10.0. The van der Waals surface area contributed by atoms with Crippen molar-refractivity contribution in [3.63, 3.8) is 0 Å². The van der Waals surface area contributed by atoms with E-state index in [1.165, 1.54) is 0 Å². The minimum atomic E-state index is -0.585. The lowest BCUT2D eigenvalue weighted by Crippen LogP contribution is -2.37. The van der Waals surface area contributed by atoms with Gasteiger partial charge in [0.15, 0.2) is 6.10 Å². The van der Waals surface area contributed by atoms with Gasteiger partial charge in [0.2, 0.25) is 0 Å². The second-order valence-electron chi connectivity index (χ2n) is 7.77. The van der Waals surface area contributed by atoms with Gasteiger partial charge in [-0.25, -0.2) is 4.79 Å². The van der Waals surface area contributed by atoms with E-state index in [1.807, 2.05) is 63.4 Å². The molecule has 0 radical (unpaired) electrons. The predicted octanol–water partition coefficient (Wildman–Crippen LogP) is 4.81. The number of carbonyl (C=O) groups is 2. The van der Waals surface area contributed by atoms with Crippen LogP contribution in [0.15, 0.2) is 35.7 Å². The molecule has 2 unspecified atom stereocenters. The number of amides is 2. The lowest BCUT2D eigenvalue weighted by molar-refractivity contribution is -0.123. The molecule has 0 saturated heterocycles. The van der Waals surface area contributed by atoms with Crippen LogP contribution < -0.4 is 10.1 Å². The van der Waals surface area contributed by atoms with E-state index in [0.717, 1.165) is 10.4 Å². The fourth-order valence-electron chi connectivity index (χ4n) is 3.07. The van der Waals surface area contributed by atoms with E-state index >= 15 is 0 Å². The summed E-state index contributed by atoms with van der Waals surface area (Å²) in [6, 6.07) is 9.23. The Kier molecular flexibility index (Phi) is 5.65. The molecule has 28 heavy (non-hydrogen) atoms. The highest BCUT2D eigenvalue weighted by Crippen LogP contribution is 2.37. The Morgan fingerprint density at radius 1 is 1.36 bits per heavy atom. The number of benzene rings is 1. The molecule has 0 saturated carbocycles. The van der Waals surface area contributed by atoms with E-state index in [9.17, 15) is 9.59 Å². The van der Waals surface area contributed by atoms with Crippen LogP contribution in [0.1, 0.15) is 50.6 Å². The molecule has 7 heteroatoms. The van der Waals surface area contributed by atoms with Crippen molar-refractivity contribution < 1.29 is 19.1 Å². The maximum Gasteiger partial charge on any atom is 0.410 e. The topological polar surface area (TPSA) is 67.9 Å². The minimum absolute atomic E-state index is 0.152. The van der Waals surface area contributed by atoms with E-state index in [4.69, 9.17) is 9.47 Å². The van der Waals surface area contributed by atoms with Gasteiger partial charge in [0, 0.05) is 11.9 Å². The second kappa shape index (κ2) is 7.83. The summed E-state index contributed by atoms with van der Waals surface area (Å²) in [5.74, 6) is 0.486. The summed E-state index contributed by atoms with van der Waals surface area (Å²) < 4.78 is 11.3. The Bertz CT molecular complexity index is 858. The lowest BCUT2D eigenvalue weighted by Gasteiger charge is -2.31. The van der Waals surface area contributed by atoms with Crippen molar-refractivity contribution in [1.29, 1.82) is 0 Å². The average molecular weight is 403 g/mol. The smallest absolute Gasteiger partial charge is 0.410 e. The van der Waals surface area contributed by atoms with Crippen LogP contribution in [0, 0.1) is 0 Å². The molecule has 2 heterocycles. The summed E-state index contributed by atoms with van der Waals surface area (Å²) >= 11 is 1.56. The van der Waals surface area contributed by atoms with Crippen LogP contribution in [-0.2, 0) is 9.53 Å². The molecule has 1 N–H and O–H groups in total. The summed E-state index contributed by atoms with van der Waals surface area (Å²) in [7, 11) is 1.72. The van der Waals surface area contributed by atoms with Crippen LogP contribution in [0.4, 0.5) is 10.5 Å². The number of ether oxygens (including phenoxy) is 2. The van der Waals surface area contributed by atoms with Crippen molar-refractivity contribution in [3.8, 4) is 5.75 Å². The first kappa shape index (κ1) is 20.2. The van der Waals surface area contributed by atoms with Crippen molar-refractivity contribution >= 4 is 29.0 Å². The van der Waals surface area contributed by atoms with Gasteiger partial charge in [-0.2, -0.15) is 0 Å². The molecule has 150 valence electrons. The fraction of sp³-hybridized carbons (Fsp3) is 0.429. The maximum absolute atomic E-state index is 12.7. The van der Waals surface area contributed by atoms with Gasteiger partial charge in [-0.05, 0) is 56.3 Å². The van der Waals surface area contributed by atoms with Crippen LogP contribution in [0.5, 0.6) is 5.75 Å². The highest BCUT2D eigenvalue weighted by molar-refractivity contribution is 7.10. The average Bonchev–Trinajstić information content (AvgIpc) is 3.13. The van der Waals surface area contributed by atoms with Gasteiger partial charge < -0.3 is 14.8 Å². The first-order valence-corrected chi connectivity index (χ1v) is 10.2. The highest BCUT2D eigenvalue weighted by atomic mass is 32.1. The Hall–Kier alpha value is -2.54. The van der Waals surface area contributed by atoms with Gasteiger partial charge in [-0.1, -0.05) is 19.1 Å². The molecule has 2 aromatic rings. The van der Waals surface area contributed by atoms with Gasteiger partial charge in [0.25, 0.3) is 5.91 Å². The Balaban J connectivity index is 1.95. The molecule has 0 fully saturated rings. The highest BCUT2D eigenvalue weighted by Gasteiger charge is 2.31. The predicted molar refractivity (Wildman–Crippen MR) is 110 cm³/mol. The Morgan fingerprint density at radius 3 is 2.71 bits per heavy atom. The minimum Gasteiger partial charge on any atom is -0.478 e. The third kappa shape index (κ3) is 4.30. The SMILES string of the molecule is CCC1Oc2ccc(C(c3cccs3)N(C)C(=O)OC(C)(C)C)cc2NC1=O. The van der Waals surface area contributed by atoms with Gasteiger partial charge in [0.1, 0.15) is 11.4 Å². The third-order valence-corrected chi connectivity index (χ3v) is 5.32. The van der Waals surface area contributed by atoms with E-state index in [0.29, 0.717) is 17.9 Å². The fourth-order valence-corrected chi connectivity index (χ4v) is 3.97. The van der Waals surface area contributed by atoms with Crippen LogP contribution >= 0.6 is 11.3 Å². The molecule has 1 aliphatic rings. The van der Waals surface area contributed by atoms with Gasteiger partial charge in [0.05, 0.1) is 11.7 Å². The van der Waals surface area contributed by atoms with Gasteiger partial charge in [-0.3, -0.25) is 9.69 Å². The van der Waals surface area contributed by atoms with E-state index < -0.39 is 17.8 Å². The number of rotatable bonds is 4. The van der Waals surface area contributed by atoms with Crippen molar-refractivity contribution in [2.24, 2.45) is 0 Å². The quantitative estimate of drug-likeness (QED) is 0.797. The molecule has 0 aliphatic carbocycles. The number of anilines is 1. The van der Waals surface area contributed by atoms with Crippen LogP contribution in [0.3, 0.4) is 0 Å². The monoisotopic (exact) mass is 402 g/mol. The number of hydrogen-bond donors (Lipinski definition) is 1. The Labute approximate surface area is 169 Å². The van der Waals surface area contributed by atoms with E-state index in [1.54, 1.807) is 23.3 Å².